The van der Waals surface area contributed by atoms with Crippen LogP contribution in [-0.2, 0) is 4.74 Å². The lowest BCUT2D eigenvalue weighted by Crippen LogP contribution is -1.92. The van der Waals surface area contributed by atoms with E-state index in [9.17, 15) is 0 Å². The molecular formula is C12H28O2. The number of aliphatic hydroxyl groups is 1. The lowest BCUT2D eigenvalue weighted by Gasteiger charge is -1.95. The van der Waals surface area contributed by atoms with E-state index in [2.05, 4.69) is 20.8 Å². The molecule has 2 heteroatoms. The van der Waals surface area contributed by atoms with Crippen LogP contribution in [0.3, 0.4) is 0 Å². The number of unbranched alkanes of at least 4 members (excludes halogenated alkanes) is 3. The van der Waals surface area contributed by atoms with Crippen molar-refractivity contribution in [2.24, 2.45) is 0 Å². The Morgan fingerprint density at radius 3 is 1.71 bits per heavy atom. The van der Waals surface area contributed by atoms with Crippen molar-refractivity contribution in [3.8, 4) is 0 Å². The summed E-state index contributed by atoms with van der Waals surface area (Å²) in [7, 11) is 0. The Hall–Kier alpha value is -0.0800. The Balaban J connectivity index is 0. The third-order valence-corrected chi connectivity index (χ3v) is 1.71. The van der Waals surface area contributed by atoms with Crippen LogP contribution in [0.5, 0.6) is 0 Å². The molecule has 0 radical (unpaired) electrons. The zero-order valence-electron chi connectivity index (χ0n) is 10.2. The van der Waals surface area contributed by atoms with E-state index in [1.54, 1.807) is 0 Å². The van der Waals surface area contributed by atoms with Crippen molar-refractivity contribution in [1.29, 1.82) is 0 Å². The van der Waals surface area contributed by atoms with Crippen molar-refractivity contribution in [2.45, 2.75) is 59.3 Å². The van der Waals surface area contributed by atoms with E-state index in [4.69, 9.17) is 9.84 Å². The third kappa shape index (κ3) is 22.7. The topological polar surface area (TPSA) is 29.5 Å². The van der Waals surface area contributed by atoms with Gasteiger partial charge in [0.2, 0.25) is 0 Å². The summed E-state index contributed by atoms with van der Waals surface area (Å²) in [6.07, 6.45) is 6.96. The number of hydrogen-bond acceptors (Lipinski definition) is 2. The average molecular weight is 204 g/mol. The molecule has 0 aliphatic carbocycles. The highest BCUT2D eigenvalue weighted by molar-refractivity contribution is 4.35. The molecule has 0 unspecified atom stereocenters. The lowest BCUT2D eigenvalue weighted by atomic mass is 10.2. The molecule has 0 aliphatic rings. The van der Waals surface area contributed by atoms with E-state index in [0.717, 1.165) is 32.5 Å². The predicted octanol–water partition coefficient (Wildman–Crippen LogP) is 3.38. The molecule has 0 rings (SSSR count). The lowest BCUT2D eigenvalue weighted by molar-refractivity contribution is 0.135. The van der Waals surface area contributed by atoms with Crippen LogP contribution in [0.15, 0.2) is 0 Å². The first-order chi connectivity index (χ1) is 6.83. The van der Waals surface area contributed by atoms with Crippen LogP contribution >= 0.6 is 0 Å². The molecule has 0 aromatic rings. The van der Waals surface area contributed by atoms with Crippen molar-refractivity contribution >= 4 is 0 Å². The van der Waals surface area contributed by atoms with Gasteiger partial charge in [0.15, 0.2) is 0 Å². The summed E-state index contributed by atoms with van der Waals surface area (Å²) >= 11 is 0. The minimum atomic E-state index is 0.361. The van der Waals surface area contributed by atoms with Gasteiger partial charge in [-0.3, -0.25) is 0 Å². The van der Waals surface area contributed by atoms with Crippen molar-refractivity contribution in [3.63, 3.8) is 0 Å². The molecule has 0 amide bonds. The van der Waals surface area contributed by atoms with E-state index in [1.807, 2.05) is 0 Å². The van der Waals surface area contributed by atoms with Gasteiger partial charge in [-0.2, -0.15) is 0 Å². The first-order valence-corrected chi connectivity index (χ1v) is 6.01. The fourth-order valence-electron chi connectivity index (χ4n) is 0.929. The van der Waals surface area contributed by atoms with E-state index in [1.165, 1.54) is 19.3 Å². The molecule has 0 heterocycles. The van der Waals surface area contributed by atoms with Crippen LogP contribution in [0.1, 0.15) is 59.3 Å². The molecule has 0 atom stereocenters. The predicted molar refractivity (Wildman–Crippen MR) is 62.6 cm³/mol. The Bertz CT molecular complexity index is 56.7. The van der Waals surface area contributed by atoms with E-state index >= 15 is 0 Å². The summed E-state index contributed by atoms with van der Waals surface area (Å²) in [4.78, 5) is 0. The quantitative estimate of drug-likeness (QED) is 0.614. The summed E-state index contributed by atoms with van der Waals surface area (Å²) < 4.78 is 5.13. The van der Waals surface area contributed by atoms with Crippen LogP contribution in [0.25, 0.3) is 0 Å². The summed E-state index contributed by atoms with van der Waals surface area (Å²) in [5.41, 5.74) is 0. The van der Waals surface area contributed by atoms with Gasteiger partial charge in [-0.1, -0.05) is 40.0 Å². The van der Waals surface area contributed by atoms with Crippen LogP contribution < -0.4 is 0 Å². The zero-order chi connectivity index (χ0) is 11.1. The standard InChI is InChI=1S/2C6H14O/c1-3-5-7-6-4-2;1-2-3-4-5-6-7/h3-6H2,1-2H3;7H,2-6H2,1H3. The van der Waals surface area contributed by atoms with Crippen LogP contribution in [0, 0.1) is 0 Å². The molecule has 1 N–H and O–H groups in total. The number of rotatable bonds is 8. The highest BCUT2D eigenvalue weighted by Gasteiger charge is 1.81. The Kier molecular flexibility index (Phi) is 21.8. The second-order valence-corrected chi connectivity index (χ2v) is 3.40. The summed E-state index contributed by atoms with van der Waals surface area (Å²) in [6.45, 7) is 8.62. The largest absolute Gasteiger partial charge is 0.396 e. The van der Waals surface area contributed by atoms with E-state index in [-0.39, 0.29) is 0 Å². The van der Waals surface area contributed by atoms with Gasteiger partial charge < -0.3 is 9.84 Å². The van der Waals surface area contributed by atoms with Gasteiger partial charge >= 0.3 is 0 Å². The second kappa shape index (κ2) is 18.7. The number of aliphatic hydroxyl groups excluding tert-OH is 1. The summed E-state index contributed by atoms with van der Waals surface area (Å²) in [5.74, 6) is 0. The molecule has 14 heavy (non-hydrogen) atoms. The fraction of sp³-hybridized carbons (Fsp3) is 1.00. The molecule has 0 fully saturated rings. The van der Waals surface area contributed by atoms with E-state index < -0.39 is 0 Å². The van der Waals surface area contributed by atoms with Crippen molar-refractivity contribution in [2.75, 3.05) is 19.8 Å². The molecule has 0 saturated heterocycles. The molecular weight excluding hydrogens is 176 g/mol. The van der Waals surface area contributed by atoms with Gasteiger partial charge in [-0.25, -0.2) is 0 Å². The van der Waals surface area contributed by atoms with Gasteiger partial charge in [-0.05, 0) is 19.3 Å². The zero-order valence-corrected chi connectivity index (χ0v) is 10.2. The van der Waals surface area contributed by atoms with Crippen molar-refractivity contribution < 1.29 is 9.84 Å². The first-order valence-electron chi connectivity index (χ1n) is 6.01. The molecule has 0 saturated carbocycles. The molecule has 0 aromatic carbocycles. The summed E-state index contributed by atoms with van der Waals surface area (Å²) in [6, 6.07) is 0. The average Bonchev–Trinajstić information content (AvgIpc) is 2.21. The molecule has 0 spiro atoms. The van der Waals surface area contributed by atoms with E-state index in [0.29, 0.717) is 6.61 Å². The molecule has 0 aromatic heterocycles. The highest BCUT2D eigenvalue weighted by atomic mass is 16.5. The number of hydrogen-bond donors (Lipinski definition) is 1. The van der Waals surface area contributed by atoms with Gasteiger partial charge in [0.05, 0.1) is 0 Å². The third-order valence-electron chi connectivity index (χ3n) is 1.71. The molecule has 88 valence electrons. The van der Waals surface area contributed by atoms with Gasteiger partial charge in [-0.15, -0.1) is 0 Å². The van der Waals surface area contributed by atoms with Crippen molar-refractivity contribution in [3.05, 3.63) is 0 Å². The van der Waals surface area contributed by atoms with Crippen molar-refractivity contribution in [1.82, 2.24) is 0 Å². The fourth-order valence-corrected chi connectivity index (χ4v) is 0.929. The van der Waals surface area contributed by atoms with Crippen LogP contribution in [-0.4, -0.2) is 24.9 Å². The van der Waals surface area contributed by atoms with Gasteiger partial charge in [0.1, 0.15) is 0 Å². The maximum Gasteiger partial charge on any atom is 0.0463 e. The normalized spacial score (nSPS) is 9.43. The summed E-state index contributed by atoms with van der Waals surface area (Å²) in [5, 5.41) is 8.29. The minimum absolute atomic E-state index is 0.361. The Labute approximate surface area is 89.7 Å². The Morgan fingerprint density at radius 1 is 0.786 bits per heavy atom. The Morgan fingerprint density at radius 2 is 1.36 bits per heavy atom. The highest BCUT2D eigenvalue weighted by Crippen LogP contribution is 1.96. The van der Waals surface area contributed by atoms with Gasteiger partial charge in [0.25, 0.3) is 0 Å². The molecule has 2 nitrogen and oxygen atoms in total. The molecule has 0 bridgehead atoms. The van der Waals surface area contributed by atoms with Gasteiger partial charge in [0, 0.05) is 19.8 Å². The SMILES string of the molecule is CCCCCCO.CCCOCCC. The molecule has 0 aliphatic heterocycles. The monoisotopic (exact) mass is 204 g/mol. The van der Waals surface area contributed by atoms with Crippen LogP contribution in [0.2, 0.25) is 0 Å². The maximum absolute atomic E-state index is 8.29. The van der Waals surface area contributed by atoms with Crippen LogP contribution in [0.4, 0.5) is 0 Å². The first kappa shape index (κ1) is 16.4. The minimum Gasteiger partial charge on any atom is -0.396 e. The smallest absolute Gasteiger partial charge is 0.0463 e. The number of ether oxygens (including phenoxy) is 1. The second-order valence-electron chi connectivity index (χ2n) is 3.40. The maximum atomic E-state index is 8.29.